The Morgan fingerprint density at radius 1 is 1.05 bits per heavy atom. The monoisotopic (exact) mass is 594 g/mol. The van der Waals surface area contributed by atoms with E-state index in [1.165, 1.54) is 11.1 Å². The zero-order chi connectivity index (χ0) is 29.2. The first-order chi connectivity index (χ1) is 19.8. The van der Waals surface area contributed by atoms with Crippen molar-refractivity contribution in [3.05, 3.63) is 106 Å². The van der Waals surface area contributed by atoms with Gasteiger partial charge in [-0.15, -0.1) is 0 Å². The van der Waals surface area contributed by atoms with E-state index in [1.54, 1.807) is 18.2 Å². The molecule has 2 N–H and O–H groups in total. The number of nitrogens with one attached hydrogen (secondary N) is 2. The minimum absolute atomic E-state index is 0.0445. The van der Waals surface area contributed by atoms with Crippen molar-refractivity contribution >= 4 is 35.0 Å². The summed E-state index contributed by atoms with van der Waals surface area (Å²) in [5.74, 6) is 0.185. The number of nitrogens with zero attached hydrogens (tertiary/aromatic N) is 2. The van der Waals surface area contributed by atoms with Crippen LogP contribution in [-0.2, 0) is 11.3 Å². The van der Waals surface area contributed by atoms with Crippen LogP contribution in [0.5, 0.6) is 0 Å². The van der Waals surface area contributed by atoms with Gasteiger partial charge in [0.15, 0.2) is 0 Å². The van der Waals surface area contributed by atoms with Crippen LogP contribution in [-0.4, -0.2) is 66.9 Å². The predicted octanol–water partition coefficient (Wildman–Crippen LogP) is 6.00. The van der Waals surface area contributed by atoms with E-state index in [0.717, 1.165) is 25.9 Å². The van der Waals surface area contributed by atoms with E-state index >= 15 is 0 Å². The van der Waals surface area contributed by atoms with E-state index in [1.807, 2.05) is 29.2 Å². The number of carbonyl (C=O) groups excluding carboxylic acids is 2. The van der Waals surface area contributed by atoms with Gasteiger partial charge >= 0.3 is 0 Å². The van der Waals surface area contributed by atoms with Gasteiger partial charge in [0, 0.05) is 50.2 Å². The van der Waals surface area contributed by atoms with Crippen molar-refractivity contribution in [2.24, 2.45) is 0 Å². The van der Waals surface area contributed by atoms with E-state index < -0.39 is 0 Å². The molecule has 3 aromatic rings. The molecule has 1 saturated heterocycles. The summed E-state index contributed by atoms with van der Waals surface area (Å²) >= 11 is 12.1. The molecule has 0 unspecified atom stereocenters. The molecule has 1 fully saturated rings. The van der Waals surface area contributed by atoms with Crippen LogP contribution in [0.4, 0.5) is 0 Å². The second kappa shape index (κ2) is 15.4. The molecule has 2 amide bonds. The van der Waals surface area contributed by atoms with Gasteiger partial charge in [0.05, 0.1) is 16.1 Å². The molecule has 0 bridgehead atoms. The zero-order valence-electron chi connectivity index (χ0n) is 23.9. The highest BCUT2D eigenvalue weighted by atomic mass is 35.5. The lowest BCUT2D eigenvalue weighted by molar-refractivity contribution is -0.133. The highest BCUT2D eigenvalue weighted by molar-refractivity contribution is 6.42. The van der Waals surface area contributed by atoms with Crippen molar-refractivity contribution in [2.45, 2.75) is 50.7 Å². The van der Waals surface area contributed by atoms with Gasteiger partial charge in [-0.2, -0.15) is 0 Å². The van der Waals surface area contributed by atoms with Crippen LogP contribution in [0.25, 0.3) is 0 Å². The molecule has 3 atom stereocenters. The quantitative estimate of drug-likeness (QED) is 0.270. The molecular formula is C33H40Cl2N4O2. The maximum Gasteiger partial charge on any atom is 0.251 e. The Morgan fingerprint density at radius 3 is 2.44 bits per heavy atom. The molecule has 0 spiro atoms. The standard InChI is InChI=1S/C33H40Cl2N4O2/c1-3-25(26-12-8-5-9-13-26)23-39-19-16-28(21-36-32(40)27-14-15-29(34)30(35)20-27)37-31(33(39)41)17-18-38(2)22-24-10-6-4-7-11-24/h4-15,20,25,28,31,37H,3,16-19,21-23H2,1-2H3,(H,36,40)/t25-,28+,31+/m1/s1. The number of amides is 2. The average molecular weight is 596 g/mol. The predicted molar refractivity (Wildman–Crippen MR) is 168 cm³/mol. The fourth-order valence-electron chi connectivity index (χ4n) is 5.37. The number of hydrogen-bond donors (Lipinski definition) is 2. The summed E-state index contributed by atoms with van der Waals surface area (Å²) in [6.07, 6.45) is 2.38. The molecule has 1 aliphatic heterocycles. The molecule has 0 saturated carbocycles. The van der Waals surface area contributed by atoms with Crippen LogP contribution < -0.4 is 10.6 Å². The first-order valence-electron chi connectivity index (χ1n) is 14.4. The van der Waals surface area contributed by atoms with E-state index in [0.29, 0.717) is 41.7 Å². The Kier molecular flexibility index (Phi) is 11.6. The van der Waals surface area contributed by atoms with Gasteiger partial charge in [0.1, 0.15) is 0 Å². The maximum absolute atomic E-state index is 13.9. The first-order valence-corrected chi connectivity index (χ1v) is 15.1. The molecule has 1 aliphatic rings. The van der Waals surface area contributed by atoms with Crippen LogP contribution in [0.3, 0.4) is 0 Å². The number of hydrogen-bond acceptors (Lipinski definition) is 4. The third-order valence-corrected chi connectivity index (χ3v) is 8.52. The summed E-state index contributed by atoms with van der Waals surface area (Å²) in [6, 6.07) is 25.3. The molecule has 0 radical (unpaired) electrons. The minimum atomic E-state index is -0.337. The van der Waals surface area contributed by atoms with Gasteiger partial charge in [0.2, 0.25) is 5.91 Å². The van der Waals surface area contributed by atoms with Crippen LogP contribution in [0.15, 0.2) is 78.9 Å². The third-order valence-electron chi connectivity index (χ3n) is 7.78. The van der Waals surface area contributed by atoms with Crippen molar-refractivity contribution in [3.8, 4) is 0 Å². The minimum Gasteiger partial charge on any atom is -0.350 e. The van der Waals surface area contributed by atoms with Crippen molar-refractivity contribution < 1.29 is 9.59 Å². The Morgan fingerprint density at radius 2 is 1.76 bits per heavy atom. The fourth-order valence-corrected chi connectivity index (χ4v) is 5.67. The Labute approximate surface area is 254 Å². The molecule has 218 valence electrons. The van der Waals surface area contributed by atoms with Gasteiger partial charge in [-0.25, -0.2) is 0 Å². The summed E-state index contributed by atoms with van der Waals surface area (Å²) in [4.78, 5) is 31.0. The molecule has 4 rings (SSSR count). The van der Waals surface area contributed by atoms with Gasteiger partial charge in [-0.1, -0.05) is 90.8 Å². The van der Waals surface area contributed by atoms with Gasteiger partial charge < -0.3 is 20.4 Å². The van der Waals surface area contributed by atoms with Crippen molar-refractivity contribution in [1.29, 1.82) is 0 Å². The first kappa shape index (κ1) is 31.0. The molecule has 41 heavy (non-hydrogen) atoms. The molecule has 0 aliphatic carbocycles. The van der Waals surface area contributed by atoms with Crippen LogP contribution >= 0.6 is 23.2 Å². The van der Waals surface area contributed by atoms with Gasteiger partial charge in [-0.3, -0.25) is 9.59 Å². The molecule has 3 aromatic carbocycles. The molecule has 6 nitrogen and oxygen atoms in total. The third kappa shape index (κ3) is 9.04. The van der Waals surface area contributed by atoms with E-state index in [-0.39, 0.29) is 29.8 Å². The van der Waals surface area contributed by atoms with Crippen molar-refractivity contribution in [2.75, 3.05) is 33.2 Å². The summed E-state index contributed by atoms with van der Waals surface area (Å²) in [5.41, 5.74) is 2.95. The summed E-state index contributed by atoms with van der Waals surface area (Å²) < 4.78 is 0. The maximum atomic E-state index is 13.9. The fraction of sp³-hybridized carbons (Fsp3) is 0.394. The average Bonchev–Trinajstić information content (AvgIpc) is 3.13. The van der Waals surface area contributed by atoms with E-state index in [9.17, 15) is 9.59 Å². The van der Waals surface area contributed by atoms with E-state index in [2.05, 4.69) is 65.9 Å². The van der Waals surface area contributed by atoms with Gasteiger partial charge in [0.25, 0.3) is 5.91 Å². The highest BCUT2D eigenvalue weighted by Gasteiger charge is 2.32. The second-order valence-corrected chi connectivity index (χ2v) is 11.7. The largest absolute Gasteiger partial charge is 0.350 e. The molecule has 1 heterocycles. The Bertz CT molecular complexity index is 1270. The molecule has 8 heteroatoms. The Balaban J connectivity index is 1.44. The summed E-state index contributed by atoms with van der Waals surface area (Å²) in [6.45, 7) is 5.49. The molecule has 0 aromatic heterocycles. The normalized spacial score (nSPS) is 18.3. The number of rotatable bonds is 12. The van der Waals surface area contributed by atoms with Crippen molar-refractivity contribution in [1.82, 2.24) is 20.4 Å². The van der Waals surface area contributed by atoms with Crippen molar-refractivity contribution in [3.63, 3.8) is 0 Å². The van der Waals surface area contributed by atoms with Gasteiger partial charge in [-0.05, 0) is 55.6 Å². The Hall–Kier alpha value is -2.90. The zero-order valence-corrected chi connectivity index (χ0v) is 25.4. The lowest BCUT2D eigenvalue weighted by Crippen LogP contribution is -2.50. The van der Waals surface area contributed by atoms with E-state index in [4.69, 9.17) is 23.2 Å². The lowest BCUT2D eigenvalue weighted by Gasteiger charge is -2.29. The SMILES string of the molecule is CC[C@H](CN1CC[C@@H](CNC(=O)c2ccc(Cl)c(Cl)c2)N[C@@H](CCN(C)Cc2ccccc2)C1=O)c1ccccc1. The van der Waals surface area contributed by atoms with Crippen LogP contribution in [0.2, 0.25) is 10.0 Å². The number of halogens is 2. The smallest absolute Gasteiger partial charge is 0.251 e. The second-order valence-electron chi connectivity index (χ2n) is 10.9. The topological polar surface area (TPSA) is 64.7 Å². The summed E-state index contributed by atoms with van der Waals surface area (Å²) in [7, 11) is 2.09. The lowest BCUT2D eigenvalue weighted by atomic mass is 9.95. The molecular weight excluding hydrogens is 555 g/mol. The number of benzene rings is 3. The summed E-state index contributed by atoms with van der Waals surface area (Å²) in [5, 5.41) is 7.37. The van der Waals surface area contributed by atoms with Crippen LogP contribution in [0, 0.1) is 0 Å². The highest BCUT2D eigenvalue weighted by Crippen LogP contribution is 2.24. The number of carbonyl (C=O) groups is 2. The van der Waals surface area contributed by atoms with Crippen LogP contribution in [0.1, 0.15) is 53.6 Å².